The molecular formula is C17H15NO5. The Morgan fingerprint density at radius 1 is 0.957 bits per heavy atom. The number of nitro benzene ring substituents is 1. The van der Waals surface area contributed by atoms with E-state index in [1.807, 2.05) is 6.07 Å². The molecule has 0 aliphatic heterocycles. The Kier molecular flexibility index (Phi) is 5.57. The van der Waals surface area contributed by atoms with E-state index in [9.17, 15) is 19.7 Å². The molecule has 0 unspecified atom stereocenters. The van der Waals surface area contributed by atoms with Crippen molar-refractivity contribution in [3.05, 3.63) is 75.8 Å². The highest BCUT2D eigenvalue weighted by molar-refractivity contribution is 5.97. The quantitative estimate of drug-likeness (QED) is 0.339. The van der Waals surface area contributed by atoms with Gasteiger partial charge in [0.2, 0.25) is 0 Å². The molecule has 6 nitrogen and oxygen atoms in total. The summed E-state index contributed by atoms with van der Waals surface area (Å²) >= 11 is 0. The number of hydrogen-bond acceptors (Lipinski definition) is 5. The van der Waals surface area contributed by atoms with Crippen LogP contribution in [0.15, 0.2) is 54.6 Å². The van der Waals surface area contributed by atoms with Crippen LogP contribution >= 0.6 is 0 Å². The molecule has 0 fully saturated rings. The summed E-state index contributed by atoms with van der Waals surface area (Å²) in [6, 6.07) is 14.5. The molecule has 118 valence electrons. The Labute approximate surface area is 132 Å². The Bertz CT molecular complexity index is 695. The average molecular weight is 313 g/mol. The van der Waals surface area contributed by atoms with E-state index in [1.165, 1.54) is 24.3 Å². The second-order valence-electron chi connectivity index (χ2n) is 4.87. The largest absolute Gasteiger partial charge is 0.461 e. The van der Waals surface area contributed by atoms with Crippen molar-refractivity contribution in [1.29, 1.82) is 0 Å². The van der Waals surface area contributed by atoms with Crippen molar-refractivity contribution in [3.8, 4) is 0 Å². The van der Waals surface area contributed by atoms with Gasteiger partial charge in [0.15, 0.2) is 5.78 Å². The molecule has 0 bridgehead atoms. The highest BCUT2D eigenvalue weighted by Gasteiger charge is 2.10. The van der Waals surface area contributed by atoms with Crippen molar-refractivity contribution in [1.82, 2.24) is 0 Å². The third-order valence-corrected chi connectivity index (χ3v) is 3.20. The maximum atomic E-state index is 11.9. The van der Waals surface area contributed by atoms with Crippen molar-refractivity contribution in [3.63, 3.8) is 0 Å². The molecule has 0 amide bonds. The fourth-order valence-electron chi connectivity index (χ4n) is 1.93. The number of carbonyl (C=O) groups excluding carboxylic acids is 2. The minimum atomic E-state index is -0.495. The highest BCUT2D eigenvalue weighted by Crippen LogP contribution is 2.13. The van der Waals surface area contributed by atoms with Crippen LogP contribution in [0.2, 0.25) is 0 Å². The fourth-order valence-corrected chi connectivity index (χ4v) is 1.93. The SMILES string of the molecule is O=C(CCC(=O)c1ccccc1)OCc1ccc([N+](=O)[O-])cc1. The second kappa shape index (κ2) is 7.84. The summed E-state index contributed by atoms with van der Waals surface area (Å²) in [5.41, 5.74) is 1.20. The van der Waals surface area contributed by atoms with Crippen LogP contribution in [0.4, 0.5) is 5.69 Å². The zero-order valence-electron chi connectivity index (χ0n) is 12.3. The van der Waals surface area contributed by atoms with E-state index in [4.69, 9.17) is 4.74 Å². The lowest BCUT2D eigenvalue weighted by molar-refractivity contribution is -0.384. The lowest BCUT2D eigenvalue weighted by atomic mass is 10.1. The van der Waals surface area contributed by atoms with Crippen molar-refractivity contribution in [2.75, 3.05) is 0 Å². The number of rotatable bonds is 7. The standard InChI is InChI=1S/C17H15NO5/c19-16(14-4-2-1-3-5-14)10-11-17(20)23-12-13-6-8-15(9-7-13)18(21)22/h1-9H,10-12H2. The van der Waals surface area contributed by atoms with Gasteiger partial charge in [0.05, 0.1) is 11.3 Å². The van der Waals surface area contributed by atoms with Gasteiger partial charge in [0, 0.05) is 24.1 Å². The number of benzene rings is 2. The molecule has 0 saturated heterocycles. The van der Waals surface area contributed by atoms with E-state index < -0.39 is 10.9 Å². The summed E-state index contributed by atoms with van der Waals surface area (Å²) in [7, 11) is 0. The van der Waals surface area contributed by atoms with Crippen molar-refractivity contribution >= 4 is 17.4 Å². The summed E-state index contributed by atoms with van der Waals surface area (Å²) in [5, 5.41) is 10.5. The number of esters is 1. The smallest absolute Gasteiger partial charge is 0.306 e. The zero-order chi connectivity index (χ0) is 16.7. The Morgan fingerprint density at radius 2 is 1.61 bits per heavy atom. The van der Waals surface area contributed by atoms with Crippen molar-refractivity contribution in [2.45, 2.75) is 19.4 Å². The first-order chi connectivity index (χ1) is 11.1. The van der Waals surface area contributed by atoms with Crippen molar-refractivity contribution < 1.29 is 19.2 Å². The molecule has 0 aliphatic rings. The summed E-state index contributed by atoms with van der Waals surface area (Å²) in [4.78, 5) is 33.5. The second-order valence-corrected chi connectivity index (χ2v) is 4.87. The van der Waals surface area contributed by atoms with E-state index >= 15 is 0 Å². The number of nitrogens with zero attached hydrogens (tertiary/aromatic N) is 1. The van der Waals surface area contributed by atoms with Gasteiger partial charge in [-0.3, -0.25) is 19.7 Å². The molecule has 6 heteroatoms. The zero-order valence-corrected chi connectivity index (χ0v) is 12.3. The maximum absolute atomic E-state index is 11.9. The summed E-state index contributed by atoms with van der Waals surface area (Å²) in [6.45, 7) is 0.0242. The molecule has 2 aromatic rings. The molecule has 0 aromatic heterocycles. The molecule has 2 aromatic carbocycles. The van der Waals surface area contributed by atoms with E-state index in [2.05, 4.69) is 0 Å². The fraction of sp³-hybridized carbons (Fsp3) is 0.176. The Balaban J connectivity index is 1.77. The number of carbonyl (C=O) groups is 2. The van der Waals surface area contributed by atoms with Crippen LogP contribution in [0.25, 0.3) is 0 Å². The molecule has 0 heterocycles. The number of Topliss-reactive ketones (excluding diaryl/α,β-unsaturated/α-hetero) is 1. The van der Waals surface area contributed by atoms with Crippen LogP contribution in [-0.2, 0) is 16.1 Å². The summed E-state index contributed by atoms with van der Waals surface area (Å²) in [6.07, 6.45) is 0.0871. The van der Waals surface area contributed by atoms with Crippen LogP contribution < -0.4 is 0 Å². The minimum absolute atomic E-state index is 0.000703. The third-order valence-electron chi connectivity index (χ3n) is 3.20. The molecule has 0 atom stereocenters. The van der Waals surface area contributed by atoms with Gasteiger partial charge < -0.3 is 4.74 Å². The number of ketones is 1. The molecule has 0 aliphatic carbocycles. The third kappa shape index (κ3) is 5.03. The molecule has 0 radical (unpaired) electrons. The van der Waals surface area contributed by atoms with Crippen molar-refractivity contribution in [2.24, 2.45) is 0 Å². The molecule has 0 N–H and O–H groups in total. The Morgan fingerprint density at radius 3 is 2.22 bits per heavy atom. The normalized spacial score (nSPS) is 10.1. The first-order valence-corrected chi connectivity index (χ1v) is 7.03. The number of nitro groups is 1. The summed E-state index contributed by atoms with van der Waals surface area (Å²) in [5.74, 6) is -0.592. The predicted octanol–water partition coefficient (Wildman–Crippen LogP) is 3.30. The van der Waals surface area contributed by atoms with Gasteiger partial charge in [0.25, 0.3) is 5.69 Å². The highest BCUT2D eigenvalue weighted by atomic mass is 16.6. The van der Waals surface area contributed by atoms with Gasteiger partial charge in [-0.25, -0.2) is 0 Å². The van der Waals surface area contributed by atoms with Crippen LogP contribution in [0.5, 0.6) is 0 Å². The molecule has 0 spiro atoms. The van der Waals surface area contributed by atoms with Crippen LogP contribution in [0.1, 0.15) is 28.8 Å². The average Bonchev–Trinajstić information content (AvgIpc) is 2.59. The monoisotopic (exact) mass is 313 g/mol. The Hall–Kier alpha value is -3.02. The predicted molar refractivity (Wildman–Crippen MR) is 82.9 cm³/mol. The first kappa shape index (κ1) is 16.4. The number of ether oxygens (including phenoxy) is 1. The van der Waals surface area contributed by atoms with E-state index in [-0.39, 0.29) is 30.9 Å². The van der Waals surface area contributed by atoms with E-state index in [0.717, 1.165) is 0 Å². The van der Waals surface area contributed by atoms with Gasteiger partial charge >= 0.3 is 5.97 Å². The van der Waals surface area contributed by atoms with Crippen LogP contribution in [0.3, 0.4) is 0 Å². The molecule has 23 heavy (non-hydrogen) atoms. The lowest BCUT2D eigenvalue weighted by Gasteiger charge is -2.05. The lowest BCUT2D eigenvalue weighted by Crippen LogP contribution is -2.08. The number of non-ortho nitro benzene ring substituents is 1. The first-order valence-electron chi connectivity index (χ1n) is 7.03. The molecule has 0 saturated carbocycles. The van der Waals surface area contributed by atoms with Crippen LogP contribution in [-0.4, -0.2) is 16.7 Å². The topological polar surface area (TPSA) is 86.5 Å². The van der Waals surface area contributed by atoms with Gasteiger partial charge in [0.1, 0.15) is 6.61 Å². The maximum Gasteiger partial charge on any atom is 0.306 e. The number of hydrogen-bond donors (Lipinski definition) is 0. The molecular weight excluding hydrogens is 298 g/mol. The van der Waals surface area contributed by atoms with Crippen LogP contribution in [0, 0.1) is 10.1 Å². The van der Waals surface area contributed by atoms with E-state index in [1.54, 1.807) is 24.3 Å². The van der Waals surface area contributed by atoms with E-state index in [0.29, 0.717) is 11.1 Å². The van der Waals surface area contributed by atoms with Gasteiger partial charge in [-0.2, -0.15) is 0 Å². The summed E-state index contributed by atoms with van der Waals surface area (Å²) < 4.78 is 5.05. The van der Waals surface area contributed by atoms with Gasteiger partial charge in [-0.1, -0.05) is 30.3 Å². The van der Waals surface area contributed by atoms with Gasteiger partial charge in [-0.15, -0.1) is 0 Å². The van der Waals surface area contributed by atoms with Gasteiger partial charge in [-0.05, 0) is 17.7 Å². The molecule has 2 rings (SSSR count). The minimum Gasteiger partial charge on any atom is -0.461 e.